The van der Waals surface area contributed by atoms with E-state index in [1.54, 1.807) is 11.1 Å². The normalized spacial score (nSPS) is 45.3. The number of rotatable bonds is 0. The lowest BCUT2D eigenvalue weighted by Gasteiger charge is -2.41. The van der Waals surface area contributed by atoms with Gasteiger partial charge in [-0.3, -0.25) is 4.79 Å². The molecule has 0 N–H and O–H groups in total. The van der Waals surface area contributed by atoms with Crippen molar-refractivity contribution in [2.24, 2.45) is 28.6 Å². The van der Waals surface area contributed by atoms with Crippen LogP contribution in [-0.4, -0.2) is 12.1 Å². The molecule has 1 spiro atoms. The summed E-state index contributed by atoms with van der Waals surface area (Å²) in [5, 5.41) is 0. The van der Waals surface area contributed by atoms with E-state index in [0.29, 0.717) is 11.8 Å². The molecule has 0 amide bonds. The highest BCUT2D eigenvalue weighted by Gasteiger charge is 2.70. The minimum atomic E-state index is -0.338. The molecule has 2 bridgehead atoms. The Morgan fingerprint density at radius 1 is 0.941 bits per heavy atom. The van der Waals surface area contributed by atoms with Gasteiger partial charge in [0.2, 0.25) is 0 Å². The van der Waals surface area contributed by atoms with E-state index in [-0.39, 0.29) is 28.8 Å². The zero-order valence-electron chi connectivity index (χ0n) is 22.1. The lowest BCUT2D eigenvalue weighted by Crippen LogP contribution is -2.42. The van der Waals surface area contributed by atoms with Crippen LogP contribution in [0.3, 0.4) is 0 Å². The molecular weight excluding hydrogens is 416 g/mol. The maximum Gasteiger partial charge on any atom is 0.313 e. The van der Waals surface area contributed by atoms with Gasteiger partial charge in [-0.25, -0.2) is 0 Å². The second-order valence-electron chi connectivity index (χ2n) is 12.5. The van der Waals surface area contributed by atoms with E-state index in [2.05, 4.69) is 65.0 Å². The van der Waals surface area contributed by atoms with Crippen molar-refractivity contribution in [3.05, 3.63) is 58.2 Å². The maximum atomic E-state index is 13.9. The average Bonchev–Trinajstić information content (AvgIpc) is 3.26. The average molecular weight is 461 g/mol. The van der Waals surface area contributed by atoms with Crippen molar-refractivity contribution in [2.75, 3.05) is 0 Å². The third-order valence-corrected chi connectivity index (χ3v) is 9.92. The van der Waals surface area contributed by atoms with E-state index in [9.17, 15) is 4.79 Å². The van der Waals surface area contributed by atoms with Gasteiger partial charge in [-0.2, -0.15) is 0 Å². The van der Waals surface area contributed by atoms with Gasteiger partial charge in [0.15, 0.2) is 0 Å². The van der Waals surface area contributed by atoms with Crippen molar-refractivity contribution in [1.82, 2.24) is 0 Å². The predicted octanol–water partition coefficient (Wildman–Crippen LogP) is 8.42. The van der Waals surface area contributed by atoms with Crippen LogP contribution < -0.4 is 0 Å². The Kier molecular flexibility index (Phi) is 6.32. The first-order chi connectivity index (χ1) is 16.2. The molecular formula is C32H44O2. The van der Waals surface area contributed by atoms with E-state index < -0.39 is 0 Å². The zero-order chi connectivity index (χ0) is 24.1. The fourth-order valence-corrected chi connectivity index (χ4v) is 8.19. The summed E-state index contributed by atoms with van der Waals surface area (Å²) in [6.45, 7) is 11.6. The molecule has 1 saturated heterocycles. The highest BCUT2D eigenvalue weighted by molar-refractivity contribution is 5.83. The van der Waals surface area contributed by atoms with Crippen molar-refractivity contribution in [3.8, 4) is 0 Å². The van der Waals surface area contributed by atoms with Gasteiger partial charge in [0.05, 0.1) is 5.41 Å². The Hall–Kier alpha value is -1.83. The molecule has 6 atom stereocenters. The molecule has 34 heavy (non-hydrogen) atoms. The summed E-state index contributed by atoms with van der Waals surface area (Å²) in [7, 11) is 0. The lowest BCUT2D eigenvalue weighted by molar-refractivity contribution is -0.149. The molecule has 0 radical (unpaired) electrons. The maximum absolute atomic E-state index is 13.9. The van der Waals surface area contributed by atoms with Crippen LogP contribution in [0.1, 0.15) is 98.8 Å². The molecule has 184 valence electrons. The van der Waals surface area contributed by atoms with Gasteiger partial charge in [-0.1, -0.05) is 60.4 Å². The van der Waals surface area contributed by atoms with Crippen LogP contribution in [0.15, 0.2) is 58.2 Å². The number of hydrogen-bond donors (Lipinski definition) is 0. The van der Waals surface area contributed by atoms with Crippen LogP contribution in [0.25, 0.3) is 0 Å². The number of allylic oxidation sites excluding steroid dienone is 9. The predicted molar refractivity (Wildman–Crippen MR) is 140 cm³/mol. The van der Waals surface area contributed by atoms with E-state index >= 15 is 0 Å². The smallest absolute Gasteiger partial charge is 0.313 e. The highest BCUT2D eigenvalue weighted by atomic mass is 16.6. The number of hydrogen-bond acceptors (Lipinski definition) is 2. The van der Waals surface area contributed by atoms with E-state index in [0.717, 1.165) is 57.8 Å². The molecule has 0 aromatic carbocycles. The largest absolute Gasteiger partial charge is 0.457 e. The van der Waals surface area contributed by atoms with Crippen LogP contribution in [0.4, 0.5) is 0 Å². The Bertz CT molecular complexity index is 1000. The Morgan fingerprint density at radius 3 is 2.41 bits per heavy atom. The van der Waals surface area contributed by atoms with E-state index in [1.165, 1.54) is 23.1 Å². The Morgan fingerprint density at radius 2 is 1.65 bits per heavy atom. The van der Waals surface area contributed by atoms with Crippen LogP contribution in [-0.2, 0) is 9.53 Å². The molecule has 5 rings (SSSR count). The molecule has 1 unspecified atom stereocenters. The first kappa shape index (κ1) is 23.9. The topological polar surface area (TPSA) is 26.3 Å². The number of carbonyl (C=O) groups is 1. The van der Waals surface area contributed by atoms with Crippen molar-refractivity contribution in [3.63, 3.8) is 0 Å². The monoisotopic (exact) mass is 460 g/mol. The molecule has 2 fully saturated rings. The van der Waals surface area contributed by atoms with Gasteiger partial charge in [0.25, 0.3) is 0 Å². The zero-order valence-corrected chi connectivity index (χ0v) is 22.1. The quantitative estimate of drug-likeness (QED) is 0.268. The third kappa shape index (κ3) is 3.90. The SMILES string of the molecule is C/C1=C\CC/C(C)=C/[C@@H]2OC(=O)[C@@]3(C[C@]4(C)CC3C3=C4C=CCC[C@@H]3C)[C@H]2CC/C(C)=C/CC1. The second-order valence-corrected chi connectivity index (χ2v) is 12.5. The van der Waals surface area contributed by atoms with Gasteiger partial charge >= 0.3 is 5.97 Å². The highest BCUT2D eigenvalue weighted by Crippen LogP contribution is 2.72. The Balaban J connectivity index is 1.54. The summed E-state index contributed by atoms with van der Waals surface area (Å²) in [5.41, 5.74) is 7.28. The second kappa shape index (κ2) is 8.99. The molecule has 1 aliphatic heterocycles. The van der Waals surface area contributed by atoms with Gasteiger partial charge in [0.1, 0.15) is 6.10 Å². The molecule has 2 nitrogen and oxygen atoms in total. The van der Waals surface area contributed by atoms with Crippen molar-refractivity contribution in [2.45, 2.75) is 105 Å². The van der Waals surface area contributed by atoms with Crippen molar-refractivity contribution < 1.29 is 9.53 Å². The van der Waals surface area contributed by atoms with Crippen molar-refractivity contribution in [1.29, 1.82) is 0 Å². The molecule has 1 saturated carbocycles. The van der Waals surface area contributed by atoms with Crippen LogP contribution >= 0.6 is 0 Å². The fourth-order valence-electron chi connectivity index (χ4n) is 8.19. The van der Waals surface area contributed by atoms with Crippen molar-refractivity contribution >= 4 is 5.97 Å². The van der Waals surface area contributed by atoms with Gasteiger partial charge in [-0.15, -0.1) is 0 Å². The minimum Gasteiger partial charge on any atom is -0.457 e. The molecule has 1 heterocycles. The summed E-state index contributed by atoms with van der Waals surface area (Å²) in [6.07, 6.45) is 22.9. The van der Waals surface area contributed by atoms with E-state index in [4.69, 9.17) is 4.74 Å². The first-order valence-corrected chi connectivity index (χ1v) is 13.9. The Labute approximate surface area is 207 Å². The number of carbonyl (C=O) groups excluding carboxylic acids is 1. The summed E-state index contributed by atoms with van der Waals surface area (Å²) < 4.78 is 6.34. The molecule has 0 aromatic heterocycles. The standard InChI is InChI=1S/C32H44O2/c1-21-10-8-12-22(2)16-17-25-28(18-23(3)13-9-11-21)34-30(33)32(25)20-31(5)19-27(32)29-24(4)14-6-7-15-26(29)31/h7,11-12,15,18,24-25,27-28H,6,8-10,13-14,16-17,19-20H2,1-5H3/b21-11+,22-12+,23-18+/t24-,25-,27?,28-,31-,32-/m0/s1. The molecule has 5 aliphatic rings. The number of esters is 1. The van der Waals surface area contributed by atoms with Crippen LogP contribution in [0.2, 0.25) is 0 Å². The van der Waals surface area contributed by atoms with Gasteiger partial charge in [0, 0.05) is 5.92 Å². The van der Waals surface area contributed by atoms with E-state index in [1.807, 2.05) is 0 Å². The molecule has 2 heteroatoms. The first-order valence-electron chi connectivity index (χ1n) is 13.9. The fraction of sp³-hybridized carbons (Fsp3) is 0.656. The van der Waals surface area contributed by atoms with Gasteiger partial charge in [-0.05, 0) is 114 Å². The van der Waals surface area contributed by atoms with Crippen LogP contribution in [0.5, 0.6) is 0 Å². The summed E-state index contributed by atoms with van der Waals surface area (Å²) >= 11 is 0. The number of fused-ring (bicyclic) bond motifs is 7. The molecule has 4 aliphatic carbocycles. The third-order valence-electron chi connectivity index (χ3n) is 9.92. The molecule has 0 aromatic rings. The summed E-state index contributed by atoms with van der Waals surface area (Å²) in [5.74, 6) is 1.30. The number of ether oxygens (including phenoxy) is 1. The lowest BCUT2D eigenvalue weighted by atomic mass is 9.58. The van der Waals surface area contributed by atoms with Gasteiger partial charge < -0.3 is 4.74 Å². The minimum absolute atomic E-state index is 0.0723. The summed E-state index contributed by atoms with van der Waals surface area (Å²) in [4.78, 5) is 13.9. The summed E-state index contributed by atoms with van der Waals surface area (Å²) in [6, 6.07) is 0. The van der Waals surface area contributed by atoms with Crippen LogP contribution in [0, 0.1) is 28.6 Å².